The van der Waals surface area contributed by atoms with Crippen LogP contribution in [0.5, 0.6) is 0 Å². The second-order valence-corrected chi connectivity index (χ2v) is 3.64. The summed E-state index contributed by atoms with van der Waals surface area (Å²) >= 11 is 0. The first kappa shape index (κ1) is 7.45. The van der Waals surface area contributed by atoms with Gasteiger partial charge in [-0.05, 0) is 6.92 Å². The highest BCUT2D eigenvalue weighted by Crippen LogP contribution is 2.19. The summed E-state index contributed by atoms with van der Waals surface area (Å²) in [5, 5.41) is 0. The normalized spacial score (nSPS) is 18.8. The SMILES string of the molecule is CC1=NCN=C1C(C)(C)C. The molecule has 0 aliphatic carbocycles. The molecule has 2 nitrogen and oxygen atoms in total. The zero-order valence-electron chi connectivity index (χ0n) is 7.10. The molecular weight excluding hydrogens is 124 g/mol. The number of rotatable bonds is 0. The van der Waals surface area contributed by atoms with Crippen LogP contribution in [0.15, 0.2) is 9.98 Å². The smallest absolute Gasteiger partial charge is 0.130 e. The minimum atomic E-state index is 0.171. The molecule has 0 aromatic heterocycles. The van der Waals surface area contributed by atoms with Crippen molar-refractivity contribution >= 4 is 11.4 Å². The summed E-state index contributed by atoms with van der Waals surface area (Å²) in [6, 6.07) is 0. The summed E-state index contributed by atoms with van der Waals surface area (Å²) in [7, 11) is 0. The average Bonchev–Trinajstić information content (AvgIpc) is 2.11. The van der Waals surface area contributed by atoms with Gasteiger partial charge in [0.2, 0.25) is 0 Å². The third kappa shape index (κ3) is 1.25. The van der Waals surface area contributed by atoms with Crippen LogP contribution in [0.4, 0.5) is 0 Å². The predicted molar refractivity (Wildman–Crippen MR) is 44.9 cm³/mol. The zero-order chi connectivity index (χ0) is 7.78. The molecule has 0 bridgehead atoms. The number of hydrogen-bond donors (Lipinski definition) is 0. The lowest BCUT2D eigenvalue weighted by atomic mass is 9.88. The highest BCUT2D eigenvalue weighted by Gasteiger charge is 2.23. The summed E-state index contributed by atoms with van der Waals surface area (Å²) in [5.74, 6) is 0. The van der Waals surface area contributed by atoms with E-state index in [1.165, 1.54) is 0 Å². The first-order valence-electron chi connectivity index (χ1n) is 3.58. The van der Waals surface area contributed by atoms with Crippen molar-refractivity contribution in [1.82, 2.24) is 0 Å². The van der Waals surface area contributed by atoms with Crippen LogP contribution in [-0.2, 0) is 0 Å². The van der Waals surface area contributed by atoms with E-state index < -0.39 is 0 Å². The summed E-state index contributed by atoms with van der Waals surface area (Å²) < 4.78 is 0. The van der Waals surface area contributed by atoms with Gasteiger partial charge in [-0.25, -0.2) is 0 Å². The van der Waals surface area contributed by atoms with E-state index in [1.807, 2.05) is 6.92 Å². The van der Waals surface area contributed by atoms with Crippen LogP contribution in [-0.4, -0.2) is 18.1 Å². The highest BCUT2D eigenvalue weighted by molar-refractivity contribution is 6.44. The Labute approximate surface area is 62.1 Å². The van der Waals surface area contributed by atoms with Crippen molar-refractivity contribution in [1.29, 1.82) is 0 Å². The average molecular weight is 138 g/mol. The molecule has 56 valence electrons. The van der Waals surface area contributed by atoms with E-state index in [2.05, 4.69) is 30.8 Å². The second kappa shape index (κ2) is 2.19. The van der Waals surface area contributed by atoms with E-state index in [-0.39, 0.29) is 5.41 Å². The van der Waals surface area contributed by atoms with Crippen LogP contribution in [0.25, 0.3) is 0 Å². The molecule has 2 heteroatoms. The molecule has 0 aromatic carbocycles. The summed E-state index contributed by atoms with van der Waals surface area (Å²) in [6.07, 6.45) is 0. The van der Waals surface area contributed by atoms with Crippen molar-refractivity contribution in [2.45, 2.75) is 27.7 Å². The maximum Gasteiger partial charge on any atom is 0.130 e. The Morgan fingerprint density at radius 3 is 2.00 bits per heavy atom. The van der Waals surface area contributed by atoms with Crippen LogP contribution < -0.4 is 0 Å². The van der Waals surface area contributed by atoms with Crippen LogP contribution in [0.3, 0.4) is 0 Å². The van der Waals surface area contributed by atoms with Gasteiger partial charge in [-0.1, -0.05) is 20.8 Å². The Balaban J connectivity index is 2.85. The van der Waals surface area contributed by atoms with Gasteiger partial charge < -0.3 is 0 Å². The molecule has 0 fully saturated rings. The van der Waals surface area contributed by atoms with Gasteiger partial charge in [0.15, 0.2) is 0 Å². The minimum absolute atomic E-state index is 0.171. The molecule has 10 heavy (non-hydrogen) atoms. The molecule has 1 aliphatic heterocycles. The topological polar surface area (TPSA) is 24.7 Å². The van der Waals surface area contributed by atoms with Crippen molar-refractivity contribution in [3.05, 3.63) is 0 Å². The minimum Gasteiger partial charge on any atom is -0.265 e. The molecule has 1 rings (SSSR count). The monoisotopic (exact) mass is 138 g/mol. The fourth-order valence-corrected chi connectivity index (χ4v) is 1.18. The van der Waals surface area contributed by atoms with Gasteiger partial charge in [0, 0.05) is 5.41 Å². The van der Waals surface area contributed by atoms with Crippen molar-refractivity contribution < 1.29 is 0 Å². The lowest BCUT2D eigenvalue weighted by Gasteiger charge is -2.18. The van der Waals surface area contributed by atoms with Gasteiger partial charge in [-0.3, -0.25) is 9.98 Å². The molecular formula is C8H14N2. The summed E-state index contributed by atoms with van der Waals surface area (Å²) in [5.41, 5.74) is 2.43. The third-order valence-electron chi connectivity index (χ3n) is 1.59. The van der Waals surface area contributed by atoms with E-state index in [1.54, 1.807) is 0 Å². The van der Waals surface area contributed by atoms with Crippen molar-refractivity contribution in [3.8, 4) is 0 Å². The fourth-order valence-electron chi connectivity index (χ4n) is 1.18. The lowest BCUT2D eigenvalue weighted by molar-refractivity contribution is 0.597. The van der Waals surface area contributed by atoms with Crippen molar-refractivity contribution in [3.63, 3.8) is 0 Å². The van der Waals surface area contributed by atoms with E-state index in [9.17, 15) is 0 Å². The predicted octanol–water partition coefficient (Wildman–Crippen LogP) is 1.91. The zero-order valence-corrected chi connectivity index (χ0v) is 7.10. The number of nitrogens with zero attached hydrogens (tertiary/aromatic N) is 2. The first-order chi connectivity index (χ1) is 4.52. The Morgan fingerprint density at radius 1 is 1.20 bits per heavy atom. The maximum absolute atomic E-state index is 4.30. The number of hydrogen-bond acceptors (Lipinski definition) is 2. The summed E-state index contributed by atoms with van der Waals surface area (Å²) in [4.78, 5) is 8.50. The molecule has 0 amide bonds. The maximum atomic E-state index is 4.30. The van der Waals surface area contributed by atoms with E-state index in [0.717, 1.165) is 11.4 Å². The highest BCUT2D eigenvalue weighted by atomic mass is 15.0. The molecule has 0 atom stereocenters. The van der Waals surface area contributed by atoms with Crippen LogP contribution >= 0.6 is 0 Å². The Kier molecular flexibility index (Phi) is 1.63. The van der Waals surface area contributed by atoms with Gasteiger partial charge in [0.05, 0.1) is 11.4 Å². The molecule has 0 aromatic rings. The number of aliphatic imine (C=N–C) groups is 2. The lowest BCUT2D eigenvalue weighted by Crippen LogP contribution is -2.24. The van der Waals surface area contributed by atoms with Gasteiger partial charge in [-0.2, -0.15) is 0 Å². The standard InChI is InChI=1S/C8H14N2/c1-6-7(8(2,3)4)10-5-9-6/h5H2,1-4H3. The largest absolute Gasteiger partial charge is 0.265 e. The van der Waals surface area contributed by atoms with E-state index in [0.29, 0.717) is 6.67 Å². The Bertz CT molecular complexity index is 194. The molecule has 0 saturated heterocycles. The molecule has 0 unspecified atom stereocenters. The van der Waals surface area contributed by atoms with Crippen molar-refractivity contribution in [2.75, 3.05) is 6.67 Å². The molecule has 0 saturated carbocycles. The molecule has 1 heterocycles. The Morgan fingerprint density at radius 2 is 1.80 bits per heavy atom. The van der Waals surface area contributed by atoms with Gasteiger partial charge in [0.25, 0.3) is 0 Å². The van der Waals surface area contributed by atoms with Gasteiger partial charge in [-0.15, -0.1) is 0 Å². The molecule has 0 radical (unpaired) electrons. The molecule has 0 N–H and O–H groups in total. The van der Waals surface area contributed by atoms with Crippen molar-refractivity contribution in [2.24, 2.45) is 15.4 Å². The van der Waals surface area contributed by atoms with Crippen LogP contribution in [0, 0.1) is 5.41 Å². The fraction of sp³-hybridized carbons (Fsp3) is 0.750. The van der Waals surface area contributed by atoms with E-state index >= 15 is 0 Å². The quantitative estimate of drug-likeness (QED) is 0.488. The molecule has 1 aliphatic rings. The molecule has 0 spiro atoms. The Hall–Kier alpha value is -0.660. The second-order valence-electron chi connectivity index (χ2n) is 3.64. The summed E-state index contributed by atoms with van der Waals surface area (Å²) in [6.45, 7) is 9.15. The van der Waals surface area contributed by atoms with Crippen LogP contribution in [0.2, 0.25) is 0 Å². The van der Waals surface area contributed by atoms with E-state index in [4.69, 9.17) is 0 Å². The van der Waals surface area contributed by atoms with Gasteiger partial charge >= 0.3 is 0 Å². The first-order valence-corrected chi connectivity index (χ1v) is 3.58. The van der Waals surface area contributed by atoms with Gasteiger partial charge in [0.1, 0.15) is 6.67 Å². The van der Waals surface area contributed by atoms with Crippen LogP contribution in [0.1, 0.15) is 27.7 Å². The third-order valence-corrected chi connectivity index (χ3v) is 1.59.